The highest BCUT2D eigenvalue weighted by Crippen LogP contribution is 2.09. The lowest BCUT2D eigenvalue weighted by atomic mass is 10.0. The van der Waals surface area contributed by atoms with Crippen LogP contribution < -0.4 is 5.32 Å². The lowest BCUT2D eigenvalue weighted by molar-refractivity contribution is -0.116. The predicted molar refractivity (Wildman–Crippen MR) is 82.1 cm³/mol. The molecule has 1 amide bonds. The van der Waals surface area contributed by atoms with Crippen molar-refractivity contribution in [1.82, 2.24) is 4.98 Å². The molecule has 0 saturated carbocycles. The van der Waals surface area contributed by atoms with Crippen LogP contribution in [-0.2, 0) is 4.79 Å². The molecule has 0 aliphatic heterocycles. The summed E-state index contributed by atoms with van der Waals surface area (Å²) in [5.41, 5.74) is 0.697. The predicted octanol–water partition coefficient (Wildman–Crippen LogP) is 3.60. The van der Waals surface area contributed by atoms with Crippen molar-refractivity contribution in [3.8, 4) is 0 Å². The molecule has 5 heteroatoms. The topological polar surface area (TPSA) is 59.1 Å². The summed E-state index contributed by atoms with van der Waals surface area (Å²) in [5.74, 6) is -0.225. The van der Waals surface area contributed by atoms with Gasteiger partial charge in [-0.15, -0.1) is 0 Å². The summed E-state index contributed by atoms with van der Waals surface area (Å²) in [4.78, 5) is 27.3. The molecule has 0 radical (unpaired) electrons. The summed E-state index contributed by atoms with van der Waals surface area (Å²) in [5, 5.41) is 2.59. The van der Waals surface area contributed by atoms with Gasteiger partial charge in [-0.3, -0.25) is 9.59 Å². The number of hydrogen-bond acceptors (Lipinski definition) is 3. The van der Waals surface area contributed by atoms with Gasteiger partial charge in [-0.1, -0.05) is 30.3 Å². The largest absolute Gasteiger partial charge is 0.311 e. The van der Waals surface area contributed by atoms with E-state index in [1.54, 1.807) is 12.1 Å². The Morgan fingerprint density at radius 1 is 1.00 bits per heavy atom. The number of carbonyl (C=O) groups excluding carboxylic acids is 2. The minimum Gasteiger partial charge on any atom is -0.311 e. The molecule has 2 rings (SSSR count). The molecular weight excluding hydrogens is 283 g/mol. The number of pyridine rings is 1. The van der Waals surface area contributed by atoms with Crippen LogP contribution in [0.2, 0.25) is 0 Å². The van der Waals surface area contributed by atoms with Crippen LogP contribution in [0.15, 0.2) is 48.7 Å². The minimum atomic E-state index is -0.447. The number of unbranched alkanes of at least 4 members (excludes halogenated alkanes) is 1. The van der Waals surface area contributed by atoms with Crippen LogP contribution in [0.3, 0.4) is 0 Å². The van der Waals surface area contributed by atoms with E-state index in [0.717, 1.165) is 6.20 Å². The molecule has 4 nitrogen and oxygen atoms in total. The lowest BCUT2D eigenvalue weighted by Gasteiger charge is -2.04. The third-order valence-corrected chi connectivity index (χ3v) is 3.15. The monoisotopic (exact) mass is 300 g/mol. The first-order valence-electron chi connectivity index (χ1n) is 7.15. The number of ketones is 1. The van der Waals surface area contributed by atoms with Crippen LogP contribution in [-0.4, -0.2) is 16.7 Å². The van der Waals surface area contributed by atoms with Crippen molar-refractivity contribution >= 4 is 17.5 Å². The standard InChI is InChI=1S/C17H17FN2O2/c18-14-10-11-16(19-12-14)20-17(22)9-5-4-8-15(21)13-6-2-1-3-7-13/h1-3,6-7,10-12H,4-5,8-9H2,(H,19,20,22). The molecule has 114 valence electrons. The van der Waals surface area contributed by atoms with E-state index in [1.165, 1.54) is 12.1 Å². The average Bonchev–Trinajstić information content (AvgIpc) is 2.54. The molecule has 1 aromatic heterocycles. The van der Waals surface area contributed by atoms with Gasteiger partial charge in [-0.2, -0.15) is 0 Å². The molecule has 0 unspecified atom stereocenters. The van der Waals surface area contributed by atoms with Crippen LogP contribution in [0, 0.1) is 5.82 Å². The number of nitrogens with zero attached hydrogens (tertiary/aromatic N) is 1. The number of anilines is 1. The maximum atomic E-state index is 12.7. The van der Waals surface area contributed by atoms with E-state index in [-0.39, 0.29) is 11.7 Å². The first-order valence-corrected chi connectivity index (χ1v) is 7.15. The molecule has 0 bridgehead atoms. The molecule has 0 aliphatic carbocycles. The smallest absolute Gasteiger partial charge is 0.225 e. The number of benzene rings is 1. The number of Topliss-reactive ketones (excluding diaryl/α,β-unsaturated/α-hetero) is 1. The zero-order chi connectivity index (χ0) is 15.8. The van der Waals surface area contributed by atoms with Crippen molar-refractivity contribution in [3.05, 3.63) is 60.0 Å². The van der Waals surface area contributed by atoms with Crippen LogP contribution in [0.5, 0.6) is 0 Å². The van der Waals surface area contributed by atoms with E-state index in [0.29, 0.717) is 37.1 Å². The van der Waals surface area contributed by atoms with E-state index >= 15 is 0 Å². The van der Waals surface area contributed by atoms with Crippen molar-refractivity contribution in [3.63, 3.8) is 0 Å². The quantitative estimate of drug-likeness (QED) is 0.628. The Labute approximate surface area is 128 Å². The average molecular weight is 300 g/mol. The summed E-state index contributed by atoms with van der Waals surface area (Å²) in [6.07, 6.45) is 3.05. The summed E-state index contributed by atoms with van der Waals surface area (Å²) in [7, 11) is 0. The second-order valence-electron chi connectivity index (χ2n) is 4.91. The number of hydrogen-bond donors (Lipinski definition) is 1. The Kier molecular flexibility index (Phi) is 5.77. The van der Waals surface area contributed by atoms with Crippen LogP contribution in [0.4, 0.5) is 10.2 Å². The first kappa shape index (κ1) is 15.8. The number of amides is 1. The van der Waals surface area contributed by atoms with Crippen molar-refractivity contribution in [1.29, 1.82) is 0 Å². The van der Waals surface area contributed by atoms with E-state index in [9.17, 15) is 14.0 Å². The van der Waals surface area contributed by atoms with Gasteiger partial charge in [-0.25, -0.2) is 9.37 Å². The van der Waals surface area contributed by atoms with Gasteiger partial charge in [0, 0.05) is 18.4 Å². The highest BCUT2D eigenvalue weighted by Gasteiger charge is 2.07. The van der Waals surface area contributed by atoms with Gasteiger partial charge in [0.1, 0.15) is 11.6 Å². The van der Waals surface area contributed by atoms with Gasteiger partial charge in [0.25, 0.3) is 0 Å². The van der Waals surface area contributed by atoms with Crippen LogP contribution in [0.25, 0.3) is 0 Å². The summed E-state index contributed by atoms with van der Waals surface area (Å²) in [6.45, 7) is 0. The summed E-state index contributed by atoms with van der Waals surface area (Å²) in [6, 6.07) is 11.7. The van der Waals surface area contributed by atoms with Gasteiger partial charge >= 0.3 is 0 Å². The van der Waals surface area contributed by atoms with E-state index < -0.39 is 5.82 Å². The van der Waals surface area contributed by atoms with Crippen molar-refractivity contribution in [2.45, 2.75) is 25.7 Å². The highest BCUT2D eigenvalue weighted by molar-refractivity contribution is 5.96. The first-order chi connectivity index (χ1) is 10.6. The number of nitrogens with one attached hydrogen (secondary N) is 1. The van der Waals surface area contributed by atoms with Gasteiger partial charge in [0.2, 0.25) is 5.91 Å². The van der Waals surface area contributed by atoms with Gasteiger partial charge < -0.3 is 5.32 Å². The van der Waals surface area contributed by atoms with Gasteiger partial charge in [0.15, 0.2) is 5.78 Å². The molecule has 1 aromatic carbocycles. The molecule has 0 spiro atoms. The van der Waals surface area contributed by atoms with Gasteiger partial charge in [-0.05, 0) is 25.0 Å². The van der Waals surface area contributed by atoms with Crippen molar-refractivity contribution < 1.29 is 14.0 Å². The lowest BCUT2D eigenvalue weighted by Crippen LogP contribution is -2.12. The third kappa shape index (κ3) is 5.09. The minimum absolute atomic E-state index is 0.0845. The maximum absolute atomic E-state index is 12.7. The molecule has 0 aliphatic rings. The normalized spacial score (nSPS) is 10.2. The SMILES string of the molecule is O=C(CCCCC(=O)c1ccccc1)Nc1ccc(F)cn1. The second-order valence-corrected chi connectivity index (χ2v) is 4.91. The molecule has 0 saturated heterocycles. The maximum Gasteiger partial charge on any atom is 0.225 e. The van der Waals surface area contributed by atoms with Crippen LogP contribution in [0.1, 0.15) is 36.0 Å². The van der Waals surface area contributed by atoms with Crippen LogP contribution >= 0.6 is 0 Å². The number of aromatic nitrogens is 1. The molecule has 1 heterocycles. The highest BCUT2D eigenvalue weighted by atomic mass is 19.1. The Morgan fingerprint density at radius 2 is 1.73 bits per heavy atom. The van der Waals surface area contributed by atoms with Gasteiger partial charge in [0.05, 0.1) is 6.20 Å². The fourth-order valence-electron chi connectivity index (χ4n) is 1.99. The Morgan fingerprint density at radius 3 is 2.41 bits per heavy atom. The van der Waals surface area contributed by atoms with E-state index in [1.807, 2.05) is 18.2 Å². The van der Waals surface area contributed by atoms with Crippen molar-refractivity contribution in [2.24, 2.45) is 0 Å². The fourth-order valence-corrected chi connectivity index (χ4v) is 1.99. The number of carbonyl (C=O) groups is 2. The molecular formula is C17H17FN2O2. The zero-order valence-corrected chi connectivity index (χ0v) is 12.1. The van der Waals surface area contributed by atoms with E-state index in [2.05, 4.69) is 10.3 Å². The number of halogens is 1. The Hall–Kier alpha value is -2.56. The second kappa shape index (κ2) is 8.02. The summed E-state index contributed by atoms with van der Waals surface area (Å²) < 4.78 is 12.7. The molecule has 0 atom stereocenters. The molecule has 0 fully saturated rings. The Balaban J connectivity index is 1.67. The fraction of sp³-hybridized carbons (Fsp3) is 0.235. The summed E-state index contributed by atoms with van der Waals surface area (Å²) >= 11 is 0. The third-order valence-electron chi connectivity index (χ3n) is 3.15. The molecule has 2 aromatic rings. The van der Waals surface area contributed by atoms with Crippen molar-refractivity contribution in [2.75, 3.05) is 5.32 Å². The van der Waals surface area contributed by atoms with E-state index in [4.69, 9.17) is 0 Å². The molecule has 22 heavy (non-hydrogen) atoms. The zero-order valence-electron chi connectivity index (χ0n) is 12.1. The molecule has 1 N–H and O–H groups in total. The Bertz CT molecular complexity index is 627. The number of rotatable bonds is 7.